The molecule has 1 aliphatic rings. The van der Waals surface area contributed by atoms with E-state index in [1.807, 2.05) is 0 Å². The molecule has 0 bridgehead atoms. The molecule has 2 aromatic rings. The molecule has 0 fully saturated rings. The highest BCUT2D eigenvalue weighted by Gasteiger charge is 2.13. The van der Waals surface area contributed by atoms with Crippen molar-refractivity contribution >= 4 is 5.82 Å². The number of nitrogens with zero attached hydrogens (tertiary/aromatic N) is 3. The van der Waals surface area contributed by atoms with Crippen LogP contribution < -0.4 is 5.73 Å². The second-order valence-corrected chi connectivity index (χ2v) is 4.43. The molecule has 1 aromatic carbocycles. The fourth-order valence-electron chi connectivity index (χ4n) is 2.35. The summed E-state index contributed by atoms with van der Waals surface area (Å²) in [5.74, 6) is 1.06. The van der Waals surface area contributed by atoms with Gasteiger partial charge in [0.05, 0.1) is 0 Å². The number of hydrogen-bond donors (Lipinski definition) is 1. The minimum Gasteiger partial charge on any atom is -0.382 e. The van der Waals surface area contributed by atoms with Crippen LogP contribution >= 0.6 is 0 Å². The van der Waals surface area contributed by atoms with Gasteiger partial charge >= 0.3 is 0 Å². The maximum Gasteiger partial charge on any atom is 0.154 e. The topological polar surface area (TPSA) is 64.7 Å². The van der Waals surface area contributed by atoms with Crippen molar-refractivity contribution in [1.29, 1.82) is 0 Å². The Balaban J connectivity index is 2.09. The Hall–Kier alpha value is -1.97. The van der Waals surface area contributed by atoms with E-state index in [-0.39, 0.29) is 0 Å². The van der Waals surface area contributed by atoms with Crippen LogP contribution in [0.2, 0.25) is 0 Å². The van der Waals surface area contributed by atoms with Gasteiger partial charge in [0.1, 0.15) is 11.5 Å². The van der Waals surface area contributed by atoms with E-state index < -0.39 is 0 Å². The molecule has 86 valence electrons. The zero-order valence-corrected chi connectivity index (χ0v) is 9.77. The van der Waals surface area contributed by atoms with Crippen LogP contribution in [-0.2, 0) is 12.8 Å². The smallest absolute Gasteiger partial charge is 0.154 e. The molecule has 3 rings (SSSR count). The molecular weight excluding hydrogens is 212 g/mol. The maximum absolute atomic E-state index is 5.89. The number of hydrogen-bond acceptors (Lipinski definition) is 4. The number of rotatable bonds is 1. The van der Waals surface area contributed by atoms with Crippen molar-refractivity contribution in [2.45, 2.75) is 26.2 Å². The summed E-state index contributed by atoms with van der Waals surface area (Å²) < 4.78 is 0. The molecule has 0 aliphatic heterocycles. The van der Waals surface area contributed by atoms with Crippen LogP contribution in [0.5, 0.6) is 0 Å². The van der Waals surface area contributed by atoms with E-state index in [9.17, 15) is 0 Å². The van der Waals surface area contributed by atoms with Crippen molar-refractivity contribution in [2.75, 3.05) is 5.73 Å². The molecule has 17 heavy (non-hydrogen) atoms. The Morgan fingerprint density at radius 2 is 1.94 bits per heavy atom. The van der Waals surface area contributed by atoms with Gasteiger partial charge in [0.25, 0.3) is 0 Å². The molecular formula is C13H14N4. The van der Waals surface area contributed by atoms with Gasteiger partial charge in [0.2, 0.25) is 0 Å². The standard InChI is InChI=1S/C13H14N4/c1-8-15-13(14)12(17-16-8)11-6-5-9-3-2-4-10(9)7-11/h5-7H,2-4H2,1H3,(H2,14,15,16). The van der Waals surface area contributed by atoms with Crippen LogP contribution in [0.3, 0.4) is 0 Å². The first-order valence-corrected chi connectivity index (χ1v) is 5.83. The molecule has 0 spiro atoms. The molecule has 4 heteroatoms. The molecule has 0 unspecified atom stereocenters. The summed E-state index contributed by atoms with van der Waals surface area (Å²) in [7, 11) is 0. The molecule has 0 amide bonds. The Morgan fingerprint density at radius 3 is 2.76 bits per heavy atom. The van der Waals surface area contributed by atoms with Gasteiger partial charge in [-0.05, 0) is 43.4 Å². The monoisotopic (exact) mass is 226 g/mol. The van der Waals surface area contributed by atoms with E-state index in [1.165, 1.54) is 24.0 Å². The minimum atomic E-state index is 0.454. The summed E-state index contributed by atoms with van der Waals surface area (Å²) in [6.07, 6.45) is 3.57. The molecule has 0 radical (unpaired) electrons. The lowest BCUT2D eigenvalue weighted by Crippen LogP contribution is -2.02. The van der Waals surface area contributed by atoms with Gasteiger partial charge < -0.3 is 5.73 Å². The SMILES string of the molecule is Cc1nnc(-c2ccc3c(c2)CCC3)c(N)n1. The third kappa shape index (κ3) is 1.75. The average molecular weight is 226 g/mol. The zero-order valence-electron chi connectivity index (χ0n) is 9.77. The van der Waals surface area contributed by atoms with E-state index in [1.54, 1.807) is 6.92 Å². The van der Waals surface area contributed by atoms with Gasteiger partial charge in [-0.3, -0.25) is 0 Å². The quantitative estimate of drug-likeness (QED) is 0.806. The number of anilines is 1. The number of nitrogen functional groups attached to an aromatic ring is 1. The van der Waals surface area contributed by atoms with Crippen molar-refractivity contribution < 1.29 is 0 Å². The van der Waals surface area contributed by atoms with E-state index in [0.717, 1.165) is 12.0 Å². The summed E-state index contributed by atoms with van der Waals surface area (Å²) in [4.78, 5) is 4.15. The Bertz CT molecular complexity index is 578. The van der Waals surface area contributed by atoms with Gasteiger partial charge in [-0.2, -0.15) is 0 Å². The van der Waals surface area contributed by atoms with Crippen molar-refractivity contribution in [1.82, 2.24) is 15.2 Å². The summed E-state index contributed by atoms with van der Waals surface area (Å²) in [5, 5.41) is 8.10. The van der Waals surface area contributed by atoms with Gasteiger partial charge in [-0.15, -0.1) is 10.2 Å². The van der Waals surface area contributed by atoms with Gasteiger partial charge in [0.15, 0.2) is 5.82 Å². The van der Waals surface area contributed by atoms with Crippen LogP contribution in [0.15, 0.2) is 18.2 Å². The second kappa shape index (κ2) is 3.80. The molecule has 2 N–H and O–H groups in total. The summed E-state index contributed by atoms with van der Waals surface area (Å²) in [6, 6.07) is 6.39. The molecule has 1 aromatic heterocycles. The Kier molecular flexibility index (Phi) is 2.28. The third-order valence-electron chi connectivity index (χ3n) is 3.19. The van der Waals surface area contributed by atoms with Crippen LogP contribution in [0, 0.1) is 6.92 Å². The molecule has 0 atom stereocenters. The second-order valence-electron chi connectivity index (χ2n) is 4.43. The van der Waals surface area contributed by atoms with E-state index in [4.69, 9.17) is 5.73 Å². The average Bonchev–Trinajstić information content (AvgIpc) is 2.75. The number of nitrogens with two attached hydrogens (primary N) is 1. The fraction of sp³-hybridized carbons (Fsp3) is 0.308. The molecule has 0 saturated carbocycles. The van der Waals surface area contributed by atoms with E-state index in [0.29, 0.717) is 17.3 Å². The third-order valence-corrected chi connectivity index (χ3v) is 3.19. The Morgan fingerprint density at radius 1 is 1.12 bits per heavy atom. The van der Waals surface area contributed by atoms with Crippen molar-refractivity contribution in [3.8, 4) is 11.3 Å². The number of fused-ring (bicyclic) bond motifs is 1. The highest BCUT2D eigenvalue weighted by atomic mass is 15.2. The van der Waals surface area contributed by atoms with E-state index in [2.05, 4.69) is 33.4 Å². The van der Waals surface area contributed by atoms with E-state index >= 15 is 0 Å². The first-order valence-electron chi connectivity index (χ1n) is 5.83. The first-order chi connectivity index (χ1) is 8.24. The lowest BCUT2D eigenvalue weighted by atomic mass is 10.0. The molecule has 4 nitrogen and oxygen atoms in total. The predicted octanol–water partition coefficient (Wildman–Crippen LogP) is 1.92. The van der Waals surface area contributed by atoms with Crippen molar-refractivity contribution in [2.24, 2.45) is 0 Å². The number of aryl methyl sites for hydroxylation is 3. The highest BCUT2D eigenvalue weighted by molar-refractivity contribution is 5.70. The van der Waals surface area contributed by atoms with Crippen LogP contribution in [0.25, 0.3) is 11.3 Å². The number of benzene rings is 1. The van der Waals surface area contributed by atoms with Crippen molar-refractivity contribution in [3.05, 3.63) is 35.2 Å². The lowest BCUT2D eigenvalue weighted by Gasteiger charge is -2.06. The summed E-state index contributed by atoms with van der Waals surface area (Å²) in [5.41, 5.74) is 10.4. The fourth-order valence-corrected chi connectivity index (χ4v) is 2.35. The molecule has 1 heterocycles. The number of aromatic nitrogens is 3. The summed E-state index contributed by atoms with van der Waals surface area (Å²) in [6.45, 7) is 1.79. The largest absolute Gasteiger partial charge is 0.382 e. The summed E-state index contributed by atoms with van der Waals surface area (Å²) >= 11 is 0. The Labute approximate surface area is 99.9 Å². The predicted molar refractivity (Wildman–Crippen MR) is 66.4 cm³/mol. The normalized spacial score (nSPS) is 13.7. The molecule has 0 saturated heterocycles. The minimum absolute atomic E-state index is 0.454. The van der Waals surface area contributed by atoms with Gasteiger partial charge in [-0.1, -0.05) is 12.1 Å². The first kappa shape index (κ1) is 10.2. The zero-order chi connectivity index (χ0) is 11.8. The van der Waals surface area contributed by atoms with Crippen LogP contribution in [0.4, 0.5) is 5.82 Å². The molecule has 1 aliphatic carbocycles. The van der Waals surface area contributed by atoms with Gasteiger partial charge in [-0.25, -0.2) is 4.98 Å². The van der Waals surface area contributed by atoms with Crippen LogP contribution in [0.1, 0.15) is 23.4 Å². The van der Waals surface area contributed by atoms with Crippen molar-refractivity contribution in [3.63, 3.8) is 0 Å². The van der Waals surface area contributed by atoms with Crippen LogP contribution in [-0.4, -0.2) is 15.2 Å². The van der Waals surface area contributed by atoms with Gasteiger partial charge in [0, 0.05) is 5.56 Å². The lowest BCUT2D eigenvalue weighted by molar-refractivity contribution is 0.911. The highest BCUT2D eigenvalue weighted by Crippen LogP contribution is 2.28. The maximum atomic E-state index is 5.89.